The van der Waals surface area contributed by atoms with E-state index < -0.39 is 6.10 Å². The van der Waals surface area contributed by atoms with E-state index in [0.29, 0.717) is 22.5 Å². The van der Waals surface area contributed by atoms with E-state index in [4.69, 9.17) is 4.74 Å². The Hall–Kier alpha value is -4.04. The molecular weight excluding hydrogens is 411 g/mol. The molecule has 32 heavy (non-hydrogen) atoms. The summed E-state index contributed by atoms with van der Waals surface area (Å²) in [5.74, 6) is 0.282. The Labute approximate surface area is 181 Å². The van der Waals surface area contributed by atoms with Gasteiger partial charge in [-0.25, -0.2) is 14.1 Å². The largest absolute Gasteiger partial charge is 0.491 e. The van der Waals surface area contributed by atoms with Gasteiger partial charge in [0.1, 0.15) is 36.0 Å². The lowest BCUT2D eigenvalue weighted by molar-refractivity contribution is 0.0915. The van der Waals surface area contributed by atoms with Crippen molar-refractivity contribution in [3.63, 3.8) is 0 Å². The molecule has 0 amide bonds. The summed E-state index contributed by atoms with van der Waals surface area (Å²) in [7, 11) is 0. The van der Waals surface area contributed by atoms with Crippen LogP contribution in [0.15, 0.2) is 84.0 Å². The van der Waals surface area contributed by atoms with Crippen molar-refractivity contribution in [2.45, 2.75) is 12.6 Å². The van der Waals surface area contributed by atoms with Crippen molar-refractivity contribution in [2.24, 2.45) is 0 Å². The minimum absolute atomic E-state index is 0.0249. The van der Waals surface area contributed by atoms with Gasteiger partial charge < -0.3 is 9.84 Å². The van der Waals surface area contributed by atoms with Gasteiger partial charge in [-0.15, -0.1) is 0 Å². The molecule has 0 aliphatic rings. The Bertz CT molecular complexity index is 1460. The molecule has 2 aromatic heterocycles. The number of ether oxygens (including phenoxy) is 1. The first-order valence-electron chi connectivity index (χ1n) is 10.1. The minimum atomic E-state index is -0.912. The van der Waals surface area contributed by atoms with Crippen molar-refractivity contribution in [1.82, 2.24) is 19.3 Å². The summed E-state index contributed by atoms with van der Waals surface area (Å²) >= 11 is 0. The Morgan fingerprint density at radius 1 is 1.03 bits per heavy atom. The second-order valence-corrected chi connectivity index (χ2v) is 7.45. The molecule has 0 saturated heterocycles. The number of aromatic nitrogens is 4. The molecule has 160 valence electrons. The third-order valence-corrected chi connectivity index (χ3v) is 5.20. The van der Waals surface area contributed by atoms with Crippen molar-refractivity contribution in [3.05, 3.63) is 95.4 Å². The Morgan fingerprint density at radius 2 is 1.81 bits per heavy atom. The summed E-state index contributed by atoms with van der Waals surface area (Å²) in [6.45, 7) is 0.0503. The fourth-order valence-corrected chi connectivity index (χ4v) is 3.58. The fourth-order valence-electron chi connectivity index (χ4n) is 3.58. The van der Waals surface area contributed by atoms with Crippen LogP contribution in [0.3, 0.4) is 0 Å². The molecule has 0 fully saturated rings. The number of benzene rings is 3. The molecule has 7 nitrogen and oxygen atoms in total. The van der Waals surface area contributed by atoms with Crippen LogP contribution in [0.4, 0.5) is 4.39 Å². The van der Waals surface area contributed by atoms with Crippen molar-refractivity contribution in [1.29, 1.82) is 0 Å². The van der Waals surface area contributed by atoms with Gasteiger partial charge >= 0.3 is 0 Å². The van der Waals surface area contributed by atoms with Crippen molar-refractivity contribution >= 4 is 21.8 Å². The first-order valence-corrected chi connectivity index (χ1v) is 10.1. The summed E-state index contributed by atoms with van der Waals surface area (Å²) in [5, 5.41) is 17.1. The smallest absolute Gasteiger partial charge is 0.264 e. The molecule has 2 heterocycles. The molecule has 0 bridgehead atoms. The zero-order chi connectivity index (χ0) is 22.1. The Kier molecular flexibility index (Phi) is 5.12. The number of halogens is 1. The molecule has 0 radical (unpaired) electrons. The maximum Gasteiger partial charge on any atom is 0.264 e. The predicted octanol–water partition coefficient (Wildman–Crippen LogP) is 3.31. The van der Waals surface area contributed by atoms with Crippen molar-refractivity contribution < 1.29 is 14.2 Å². The molecule has 0 aliphatic carbocycles. The van der Waals surface area contributed by atoms with Crippen LogP contribution < -0.4 is 10.3 Å². The molecule has 1 atom stereocenters. The van der Waals surface area contributed by atoms with E-state index in [-0.39, 0.29) is 24.5 Å². The predicted molar refractivity (Wildman–Crippen MR) is 119 cm³/mol. The van der Waals surface area contributed by atoms with E-state index >= 15 is 0 Å². The second-order valence-electron chi connectivity index (χ2n) is 7.45. The highest BCUT2D eigenvalue weighted by Gasteiger charge is 2.14. The average Bonchev–Trinajstić information content (AvgIpc) is 3.25. The number of hydrogen-bond acceptors (Lipinski definition) is 5. The SMILES string of the molecule is O=c1c2cnn(-c3ccc(F)cc3)c2ncn1C[C@H](O)COc1ccc2ccccc2c1. The highest BCUT2D eigenvalue weighted by atomic mass is 19.1. The van der Waals surface area contributed by atoms with E-state index in [2.05, 4.69) is 10.1 Å². The van der Waals surface area contributed by atoms with Crippen LogP contribution >= 0.6 is 0 Å². The first kappa shape index (κ1) is 19.9. The van der Waals surface area contributed by atoms with Gasteiger partial charge in [0.2, 0.25) is 0 Å². The quantitative estimate of drug-likeness (QED) is 0.447. The lowest BCUT2D eigenvalue weighted by Crippen LogP contribution is -2.30. The van der Waals surface area contributed by atoms with Crippen LogP contribution in [0.25, 0.3) is 27.5 Å². The zero-order valence-electron chi connectivity index (χ0n) is 16.9. The maximum atomic E-state index is 13.2. The molecule has 8 heteroatoms. The second kappa shape index (κ2) is 8.24. The molecule has 0 saturated carbocycles. The number of rotatable bonds is 6. The average molecular weight is 430 g/mol. The molecular formula is C24H19FN4O3. The van der Waals surface area contributed by atoms with Gasteiger partial charge in [-0.3, -0.25) is 9.36 Å². The van der Waals surface area contributed by atoms with E-state index in [1.807, 2.05) is 42.5 Å². The van der Waals surface area contributed by atoms with E-state index in [1.54, 1.807) is 12.1 Å². The number of hydrogen-bond donors (Lipinski definition) is 1. The monoisotopic (exact) mass is 430 g/mol. The Morgan fingerprint density at radius 3 is 2.62 bits per heavy atom. The van der Waals surface area contributed by atoms with Crippen LogP contribution in [0.5, 0.6) is 5.75 Å². The summed E-state index contributed by atoms with van der Waals surface area (Å²) < 4.78 is 21.7. The number of nitrogens with zero attached hydrogens (tertiary/aromatic N) is 4. The fraction of sp³-hybridized carbons (Fsp3) is 0.125. The third kappa shape index (κ3) is 3.83. The molecule has 1 N–H and O–H groups in total. The number of aliphatic hydroxyl groups is 1. The Balaban J connectivity index is 1.31. The van der Waals surface area contributed by atoms with Crippen LogP contribution in [-0.2, 0) is 6.54 Å². The molecule has 0 aliphatic heterocycles. The zero-order valence-corrected chi connectivity index (χ0v) is 16.9. The van der Waals surface area contributed by atoms with Crippen LogP contribution in [0, 0.1) is 5.82 Å². The first-order chi connectivity index (χ1) is 15.6. The molecule has 3 aromatic carbocycles. The van der Waals surface area contributed by atoms with E-state index in [1.165, 1.54) is 33.9 Å². The van der Waals surface area contributed by atoms with Gasteiger partial charge in [0.05, 0.1) is 18.4 Å². The minimum Gasteiger partial charge on any atom is -0.491 e. The van der Waals surface area contributed by atoms with Gasteiger partial charge in [0.15, 0.2) is 5.65 Å². The summed E-state index contributed by atoms with van der Waals surface area (Å²) in [4.78, 5) is 17.2. The van der Waals surface area contributed by atoms with E-state index in [9.17, 15) is 14.3 Å². The van der Waals surface area contributed by atoms with Gasteiger partial charge in [-0.2, -0.15) is 5.10 Å². The van der Waals surface area contributed by atoms with Crippen LogP contribution in [0.1, 0.15) is 0 Å². The van der Waals surface area contributed by atoms with Gasteiger partial charge in [0.25, 0.3) is 5.56 Å². The molecule has 5 rings (SSSR count). The molecule has 5 aromatic rings. The maximum absolute atomic E-state index is 13.2. The lowest BCUT2D eigenvalue weighted by atomic mass is 10.1. The van der Waals surface area contributed by atoms with Gasteiger partial charge in [-0.05, 0) is 47.2 Å². The highest BCUT2D eigenvalue weighted by Crippen LogP contribution is 2.20. The summed E-state index contributed by atoms with van der Waals surface area (Å²) in [6, 6.07) is 19.4. The normalized spacial score (nSPS) is 12.3. The molecule has 0 unspecified atom stereocenters. The third-order valence-electron chi connectivity index (χ3n) is 5.20. The summed E-state index contributed by atoms with van der Waals surface area (Å²) in [5.41, 5.74) is 0.628. The lowest BCUT2D eigenvalue weighted by Gasteiger charge is -2.14. The van der Waals surface area contributed by atoms with Gasteiger partial charge in [-0.1, -0.05) is 30.3 Å². The van der Waals surface area contributed by atoms with Crippen LogP contribution in [-0.4, -0.2) is 37.1 Å². The highest BCUT2D eigenvalue weighted by molar-refractivity contribution is 5.83. The summed E-state index contributed by atoms with van der Waals surface area (Å²) in [6.07, 6.45) is 1.87. The topological polar surface area (TPSA) is 82.2 Å². The standard InChI is InChI=1S/C24H19FN4O3/c25-18-6-8-19(9-7-18)29-23-22(12-27-29)24(31)28(15-26-23)13-20(30)14-32-21-10-5-16-3-1-2-4-17(16)11-21/h1-12,15,20,30H,13-14H2/t20-/m0/s1. The van der Waals surface area contributed by atoms with Crippen molar-refractivity contribution in [2.75, 3.05) is 6.61 Å². The van der Waals surface area contributed by atoms with Gasteiger partial charge in [0, 0.05) is 0 Å². The number of aliphatic hydroxyl groups excluding tert-OH is 1. The van der Waals surface area contributed by atoms with Crippen LogP contribution in [0.2, 0.25) is 0 Å². The van der Waals surface area contributed by atoms with Crippen molar-refractivity contribution in [3.8, 4) is 11.4 Å². The number of fused-ring (bicyclic) bond motifs is 2. The molecule has 0 spiro atoms. The van der Waals surface area contributed by atoms with E-state index in [0.717, 1.165) is 10.8 Å².